The summed E-state index contributed by atoms with van der Waals surface area (Å²) in [5.74, 6) is 0.0406. The van der Waals surface area contributed by atoms with E-state index in [1.54, 1.807) is 0 Å². The first-order chi connectivity index (χ1) is 17.0. The Kier molecular flexibility index (Phi) is 7.19. The highest BCUT2D eigenvalue weighted by atomic mass is 35.5. The predicted molar refractivity (Wildman–Crippen MR) is 146 cm³/mol. The van der Waals surface area contributed by atoms with Crippen molar-refractivity contribution in [2.75, 3.05) is 14.1 Å². The van der Waals surface area contributed by atoms with Gasteiger partial charge >= 0.3 is 0 Å². The van der Waals surface area contributed by atoms with E-state index in [1.807, 2.05) is 48.8 Å². The normalized spacial score (nSPS) is 18.2. The number of thiophene rings is 1. The number of hydrogen-bond acceptors (Lipinski definition) is 4. The molecule has 4 aromatic rings. The lowest BCUT2D eigenvalue weighted by Crippen LogP contribution is -2.44. The van der Waals surface area contributed by atoms with Gasteiger partial charge in [-0.3, -0.25) is 9.78 Å². The van der Waals surface area contributed by atoms with E-state index < -0.39 is 0 Å². The second-order valence-corrected chi connectivity index (χ2v) is 11.0. The van der Waals surface area contributed by atoms with Crippen molar-refractivity contribution in [3.8, 4) is 11.1 Å². The summed E-state index contributed by atoms with van der Waals surface area (Å²) in [5, 5.41) is 1.53. The minimum Gasteiger partial charge on any atom is -0.331 e. The maximum atomic E-state index is 14.0. The first kappa shape index (κ1) is 24.0. The molecule has 1 aliphatic carbocycles. The summed E-state index contributed by atoms with van der Waals surface area (Å²) in [5.41, 5.74) is 3.38. The van der Waals surface area contributed by atoms with Crippen LogP contribution in [-0.2, 0) is 6.54 Å². The minimum atomic E-state index is 0.0406. The van der Waals surface area contributed by atoms with Crippen molar-refractivity contribution in [1.29, 1.82) is 0 Å². The third-order valence-corrected chi connectivity index (χ3v) is 8.78. The molecule has 1 fully saturated rings. The molecule has 5 rings (SSSR count). The van der Waals surface area contributed by atoms with Crippen molar-refractivity contribution < 1.29 is 4.79 Å². The number of rotatable bonds is 6. The number of amides is 1. The smallest absolute Gasteiger partial charge is 0.266 e. The van der Waals surface area contributed by atoms with Crippen molar-refractivity contribution in [3.63, 3.8) is 0 Å². The van der Waals surface area contributed by atoms with Gasteiger partial charge in [-0.25, -0.2) is 0 Å². The highest BCUT2D eigenvalue weighted by molar-refractivity contribution is 7.21. The second-order valence-electron chi connectivity index (χ2n) is 9.54. The maximum absolute atomic E-state index is 14.0. The van der Waals surface area contributed by atoms with Crippen LogP contribution in [0.1, 0.15) is 40.9 Å². The van der Waals surface area contributed by atoms with E-state index in [1.165, 1.54) is 11.3 Å². The Balaban J connectivity index is 1.47. The van der Waals surface area contributed by atoms with Crippen LogP contribution in [0.25, 0.3) is 21.2 Å². The van der Waals surface area contributed by atoms with Crippen LogP contribution >= 0.6 is 22.9 Å². The van der Waals surface area contributed by atoms with Gasteiger partial charge in [0.2, 0.25) is 0 Å². The molecule has 0 atom stereocenters. The van der Waals surface area contributed by atoms with Crippen LogP contribution in [0, 0.1) is 0 Å². The molecule has 1 aliphatic rings. The van der Waals surface area contributed by atoms with E-state index in [2.05, 4.69) is 53.1 Å². The average molecular weight is 504 g/mol. The lowest BCUT2D eigenvalue weighted by Gasteiger charge is -2.39. The molecule has 2 heterocycles. The maximum Gasteiger partial charge on any atom is 0.266 e. The fourth-order valence-electron chi connectivity index (χ4n) is 5.13. The van der Waals surface area contributed by atoms with Gasteiger partial charge < -0.3 is 9.80 Å². The van der Waals surface area contributed by atoms with Crippen molar-refractivity contribution in [3.05, 3.63) is 88.5 Å². The lowest BCUT2D eigenvalue weighted by atomic mass is 9.89. The summed E-state index contributed by atoms with van der Waals surface area (Å²) in [4.78, 5) is 23.2. The van der Waals surface area contributed by atoms with Crippen molar-refractivity contribution in [2.24, 2.45) is 0 Å². The van der Waals surface area contributed by atoms with Gasteiger partial charge in [-0.2, -0.15) is 0 Å². The lowest BCUT2D eigenvalue weighted by molar-refractivity contribution is 0.0574. The number of carbonyl (C=O) groups is 1. The molecule has 4 nitrogen and oxygen atoms in total. The number of nitrogens with zero attached hydrogens (tertiary/aromatic N) is 3. The molecule has 0 radical (unpaired) electrons. The summed E-state index contributed by atoms with van der Waals surface area (Å²) in [6.45, 7) is 0.569. The molecule has 0 N–H and O–H groups in total. The van der Waals surface area contributed by atoms with Gasteiger partial charge in [0.25, 0.3) is 5.91 Å². The number of hydrogen-bond donors (Lipinski definition) is 0. The predicted octanol–water partition coefficient (Wildman–Crippen LogP) is 7.13. The van der Waals surface area contributed by atoms with Crippen LogP contribution in [0.5, 0.6) is 0 Å². The zero-order chi connectivity index (χ0) is 24.4. The van der Waals surface area contributed by atoms with E-state index >= 15 is 0 Å². The first-order valence-corrected chi connectivity index (χ1v) is 13.3. The zero-order valence-electron chi connectivity index (χ0n) is 20.2. The first-order valence-electron chi connectivity index (χ1n) is 12.1. The van der Waals surface area contributed by atoms with Crippen LogP contribution in [0.4, 0.5) is 0 Å². The third kappa shape index (κ3) is 5.13. The van der Waals surface area contributed by atoms with Gasteiger partial charge in [0.1, 0.15) is 4.88 Å². The number of benzene rings is 2. The molecule has 0 saturated heterocycles. The molecule has 0 unspecified atom stereocenters. The van der Waals surface area contributed by atoms with Crippen molar-refractivity contribution in [2.45, 2.75) is 44.3 Å². The largest absolute Gasteiger partial charge is 0.331 e. The van der Waals surface area contributed by atoms with Crippen LogP contribution in [0.3, 0.4) is 0 Å². The molecule has 1 saturated carbocycles. The average Bonchev–Trinajstić information content (AvgIpc) is 3.24. The molecule has 6 heteroatoms. The summed E-state index contributed by atoms with van der Waals surface area (Å²) in [7, 11) is 4.30. The van der Waals surface area contributed by atoms with E-state index in [9.17, 15) is 4.79 Å². The van der Waals surface area contributed by atoms with Gasteiger partial charge in [-0.05, 0) is 80.7 Å². The number of pyridine rings is 1. The zero-order valence-corrected chi connectivity index (χ0v) is 21.7. The Morgan fingerprint density at radius 1 is 0.943 bits per heavy atom. The fraction of sp³-hybridized carbons (Fsp3) is 0.310. The molecular formula is C29H30ClN3OS. The van der Waals surface area contributed by atoms with Gasteiger partial charge in [-0.15, -0.1) is 11.3 Å². The SMILES string of the molecule is CN(C)C1CCC(N(Cc2cccc(-c3ccncc3)c2)C(=O)c2sc3ccccc3c2Cl)CC1. The van der Waals surface area contributed by atoms with Crippen LogP contribution in [0.15, 0.2) is 73.1 Å². The highest BCUT2D eigenvalue weighted by Gasteiger charge is 2.32. The topological polar surface area (TPSA) is 36.4 Å². The molecule has 2 aromatic heterocycles. The highest BCUT2D eigenvalue weighted by Crippen LogP contribution is 2.38. The quantitative estimate of drug-likeness (QED) is 0.281. The molecule has 1 amide bonds. The van der Waals surface area contributed by atoms with Crippen molar-refractivity contribution >= 4 is 38.9 Å². The van der Waals surface area contributed by atoms with Crippen LogP contribution in [-0.4, -0.2) is 46.9 Å². The Morgan fingerprint density at radius 2 is 1.66 bits per heavy atom. The van der Waals surface area contributed by atoms with E-state index in [0.29, 0.717) is 22.5 Å². The summed E-state index contributed by atoms with van der Waals surface area (Å²) in [6.07, 6.45) is 7.81. The summed E-state index contributed by atoms with van der Waals surface area (Å²) >= 11 is 8.26. The van der Waals surface area contributed by atoms with Crippen LogP contribution in [0.2, 0.25) is 5.02 Å². The second kappa shape index (κ2) is 10.5. The Labute approximate surface area is 216 Å². The standard InChI is InChI=1S/C29H30ClN3OS/c1-32(2)23-10-12-24(13-11-23)33(29(34)28-27(30)25-8-3-4-9-26(25)35-28)19-20-6-5-7-22(18-20)21-14-16-31-17-15-21/h3-9,14-18,23-24H,10-13,19H2,1-2H3. The van der Waals surface area contributed by atoms with Gasteiger partial charge in [-0.1, -0.05) is 48.0 Å². The molecule has 0 aliphatic heterocycles. The van der Waals surface area contributed by atoms with Gasteiger partial charge in [0.05, 0.1) is 5.02 Å². The Bertz CT molecular complexity index is 1310. The van der Waals surface area contributed by atoms with E-state index in [0.717, 1.165) is 52.5 Å². The Hall–Kier alpha value is -2.73. The fourth-order valence-corrected chi connectivity index (χ4v) is 6.59. The van der Waals surface area contributed by atoms with Crippen LogP contribution < -0.4 is 0 Å². The molecule has 180 valence electrons. The van der Waals surface area contributed by atoms with E-state index in [-0.39, 0.29) is 11.9 Å². The number of carbonyl (C=O) groups excluding carboxylic acids is 1. The summed E-state index contributed by atoms with van der Waals surface area (Å²) < 4.78 is 1.05. The minimum absolute atomic E-state index is 0.0406. The number of aromatic nitrogens is 1. The van der Waals surface area contributed by atoms with Crippen molar-refractivity contribution in [1.82, 2.24) is 14.8 Å². The molecule has 35 heavy (non-hydrogen) atoms. The molecular weight excluding hydrogens is 474 g/mol. The number of fused-ring (bicyclic) bond motifs is 1. The van der Waals surface area contributed by atoms with Gasteiger partial charge in [0, 0.05) is 41.1 Å². The molecule has 0 spiro atoms. The van der Waals surface area contributed by atoms with E-state index in [4.69, 9.17) is 11.6 Å². The molecule has 0 bridgehead atoms. The Morgan fingerprint density at radius 3 is 2.37 bits per heavy atom. The molecule has 2 aromatic carbocycles. The monoisotopic (exact) mass is 503 g/mol. The third-order valence-electron chi connectivity index (χ3n) is 7.12. The summed E-state index contributed by atoms with van der Waals surface area (Å²) in [6, 6.07) is 21.3. The number of halogens is 1. The van der Waals surface area contributed by atoms with Gasteiger partial charge in [0.15, 0.2) is 0 Å².